The number of hydrogen-bond donors (Lipinski definition) is 0. The molecule has 4 nitrogen and oxygen atoms in total. The zero-order valence-electron chi connectivity index (χ0n) is 72.7. The Bertz CT molecular complexity index is 6740. The Morgan fingerprint density at radius 2 is 0.617 bits per heavy atom. The molecule has 2 aliphatic rings. The van der Waals surface area contributed by atoms with Crippen LogP contribution in [0.5, 0.6) is 0 Å². The third kappa shape index (κ3) is 12.7. The maximum Gasteiger partial charge on any atom is 0.252 e. The van der Waals surface area contributed by atoms with Crippen molar-refractivity contribution in [3.05, 3.63) is 355 Å². The van der Waals surface area contributed by atoms with E-state index < -0.39 is 6.71 Å². The summed E-state index contributed by atoms with van der Waals surface area (Å²) < 4.78 is 43.7. The number of fused-ring (bicyclic) bond motifs is 10. The normalized spacial score (nSPS) is 13.6. The van der Waals surface area contributed by atoms with Crippen LogP contribution in [0.4, 0.5) is 34.1 Å². The van der Waals surface area contributed by atoms with Gasteiger partial charge in [-0.25, -0.2) is 0 Å². The molecule has 0 unspecified atom stereocenters. The predicted molar refractivity (Wildman–Crippen MR) is 495 cm³/mol. The highest BCUT2D eigenvalue weighted by Crippen LogP contribution is 2.55. The lowest BCUT2D eigenvalue weighted by Crippen LogP contribution is -2.61. The van der Waals surface area contributed by atoms with E-state index in [0.29, 0.717) is 10.9 Å². The van der Waals surface area contributed by atoms with Crippen molar-refractivity contribution in [3.8, 4) is 78.1 Å². The van der Waals surface area contributed by atoms with Gasteiger partial charge in [-0.2, -0.15) is 0 Å². The summed E-state index contributed by atoms with van der Waals surface area (Å²) >= 11 is 0. The molecule has 2 aliphatic heterocycles. The van der Waals surface area contributed by atoms with Crippen LogP contribution < -0.4 is 26.2 Å². The lowest BCUT2D eigenvalue weighted by Gasteiger charge is -2.45. The minimum absolute atomic E-state index is 0.0876. The van der Waals surface area contributed by atoms with E-state index in [2.05, 4.69) is 426 Å². The molecule has 0 aliphatic carbocycles. The fourth-order valence-electron chi connectivity index (χ4n) is 17.9. The molecule has 15 aromatic carbocycles. The SMILES string of the molecule is [2H]c1c([2H])c([2H])c2c(c1[2H])c1cc(-n3c4ccccc4c4ccccc43)ccc1n2-c1ccc2c(c1)N(c1cc(-c3ccccc3)cc(-c3ccccc3)c1)c1cc(-c3cc(C(C)(C)C)cc(C(C)(C)C)c3)cc3c1B2c1ccc(-c2cc(C(C)(C)C)cc(C(C)(C)C)c2)cc1N3c1c(-c2ccccc2)cc(C(C)(C)C)cc1-c1ccccc1. The summed E-state index contributed by atoms with van der Waals surface area (Å²) in [5.74, 6) is 0. The van der Waals surface area contributed by atoms with E-state index in [9.17, 15) is 5.48 Å². The van der Waals surface area contributed by atoms with Gasteiger partial charge in [0.25, 0.3) is 6.71 Å². The second-order valence-electron chi connectivity index (χ2n) is 37.2. The van der Waals surface area contributed by atoms with Gasteiger partial charge in [0, 0.05) is 72.5 Å². The Morgan fingerprint density at radius 3 is 1.12 bits per heavy atom. The van der Waals surface area contributed by atoms with Crippen LogP contribution in [-0.4, -0.2) is 15.8 Å². The number of rotatable bonds is 10. The molecule has 2 aromatic heterocycles. The average molecular weight is 1490 g/mol. The van der Waals surface area contributed by atoms with E-state index in [1.807, 2.05) is 0 Å². The second kappa shape index (κ2) is 27.1. The van der Waals surface area contributed by atoms with Crippen LogP contribution in [0, 0.1) is 0 Å². The zero-order chi connectivity index (χ0) is 82.8. The van der Waals surface area contributed by atoms with E-state index in [1.54, 1.807) is 0 Å². The van der Waals surface area contributed by atoms with Crippen LogP contribution in [0.1, 0.15) is 137 Å². The van der Waals surface area contributed by atoms with E-state index >= 15 is 0 Å². The molecule has 0 fully saturated rings. The van der Waals surface area contributed by atoms with Crippen LogP contribution >= 0.6 is 0 Å². The molecule has 0 atom stereocenters. The summed E-state index contributed by atoms with van der Waals surface area (Å²) in [4.78, 5) is 5.25. The van der Waals surface area contributed by atoms with Crippen molar-refractivity contribution in [3.63, 3.8) is 0 Å². The van der Waals surface area contributed by atoms with Gasteiger partial charge in [0.05, 0.1) is 33.2 Å². The first-order chi connectivity index (χ1) is 56.8. The van der Waals surface area contributed by atoms with E-state index in [1.165, 1.54) is 27.8 Å². The van der Waals surface area contributed by atoms with Crippen LogP contribution in [0.15, 0.2) is 327 Å². The quantitative estimate of drug-likeness (QED) is 0.127. The minimum atomic E-state index is -0.393. The predicted octanol–water partition coefficient (Wildman–Crippen LogP) is 28.5. The molecular weight excluding hydrogens is 1390 g/mol. The van der Waals surface area contributed by atoms with Crippen molar-refractivity contribution >= 4 is 101 Å². The lowest BCUT2D eigenvalue weighted by atomic mass is 9.33. The summed E-state index contributed by atoms with van der Waals surface area (Å²) in [5.41, 5.74) is 32.8. The summed E-state index contributed by atoms with van der Waals surface area (Å²) in [6, 6.07) is 112. The standard InChI is InChI=1S/C110H99BN4/c1-106(2,3)80-55-77(56-81(64-80)107(4,5)6)74-48-51-94-100(61-74)115(105-91(72-38-24-18-25-39-72)66-84(110(13,14)15)67-92(105)73-40-26-19-27-41-73)103-63-79(78-57-82(108(7,8)9)65-83(58-78)109(10,11)12)62-102-104(103)111(94)95-52-49-86(69-101(95)114(102)87-59-75(70-34-20-16-21-35-70)54-76(60-87)71-36-22-17-23-37-71)113-98-47-33-30-44-90(98)93-68-85(50-53-99(93)113)112-96-45-31-28-42-88(96)89-43-29-32-46-97(89)112/h16-69H,1-15H3/i30D,33D,44D,47D. The van der Waals surface area contributed by atoms with Crippen molar-refractivity contribution in [2.24, 2.45) is 0 Å². The highest BCUT2D eigenvalue weighted by Gasteiger charge is 2.46. The number of hydrogen-bond acceptors (Lipinski definition) is 2. The number of nitrogens with zero attached hydrogens (tertiary/aromatic N) is 4. The van der Waals surface area contributed by atoms with Crippen molar-refractivity contribution in [2.75, 3.05) is 9.80 Å². The molecule has 19 rings (SSSR count). The Balaban J connectivity index is 0.992. The fraction of sp³-hybridized carbons (Fsp3) is 0.182. The molecule has 0 spiro atoms. The number of para-hydroxylation sites is 3. The second-order valence-corrected chi connectivity index (χ2v) is 37.2. The summed E-state index contributed by atoms with van der Waals surface area (Å²) in [6.07, 6.45) is 0. The first-order valence-electron chi connectivity index (χ1n) is 42.8. The largest absolute Gasteiger partial charge is 0.311 e. The molecule has 17 aromatic rings. The van der Waals surface area contributed by atoms with Crippen molar-refractivity contribution in [1.82, 2.24) is 9.13 Å². The van der Waals surface area contributed by atoms with Gasteiger partial charge >= 0.3 is 0 Å². The first kappa shape index (κ1) is 68.2. The van der Waals surface area contributed by atoms with E-state index in [4.69, 9.17) is 0 Å². The third-order valence-corrected chi connectivity index (χ3v) is 24.3. The Labute approximate surface area is 685 Å². The minimum Gasteiger partial charge on any atom is -0.311 e. The van der Waals surface area contributed by atoms with Gasteiger partial charge in [-0.05, 0) is 224 Å². The van der Waals surface area contributed by atoms with Gasteiger partial charge in [-0.3, -0.25) is 0 Å². The summed E-state index contributed by atoms with van der Waals surface area (Å²) in [6.45, 7) is 34.6. The van der Waals surface area contributed by atoms with Crippen molar-refractivity contribution in [1.29, 1.82) is 0 Å². The molecule has 562 valence electrons. The molecule has 0 bridgehead atoms. The lowest BCUT2D eigenvalue weighted by molar-refractivity contribution is 0.568. The Kier molecular flexibility index (Phi) is 16.1. The van der Waals surface area contributed by atoms with Crippen molar-refractivity contribution < 1.29 is 5.48 Å². The topological polar surface area (TPSA) is 16.3 Å². The molecule has 0 saturated carbocycles. The highest BCUT2D eigenvalue weighted by atomic mass is 15.2. The first-order valence-corrected chi connectivity index (χ1v) is 40.8. The van der Waals surface area contributed by atoms with Gasteiger partial charge in [-0.15, -0.1) is 0 Å². The molecule has 5 heteroatoms. The fourth-order valence-corrected chi connectivity index (χ4v) is 17.9. The van der Waals surface area contributed by atoms with Gasteiger partial charge in [0.2, 0.25) is 0 Å². The summed E-state index contributed by atoms with van der Waals surface area (Å²) in [7, 11) is 0. The zero-order valence-corrected chi connectivity index (χ0v) is 68.7. The molecule has 115 heavy (non-hydrogen) atoms. The number of aromatic nitrogens is 2. The van der Waals surface area contributed by atoms with Gasteiger partial charge < -0.3 is 18.9 Å². The van der Waals surface area contributed by atoms with Gasteiger partial charge in [0.1, 0.15) is 0 Å². The molecule has 4 heterocycles. The molecule has 0 N–H and O–H groups in total. The summed E-state index contributed by atoms with van der Waals surface area (Å²) in [5, 5.41) is 3.43. The molecule has 0 amide bonds. The molecule has 0 saturated heterocycles. The highest BCUT2D eigenvalue weighted by molar-refractivity contribution is 7.00. The smallest absolute Gasteiger partial charge is 0.252 e. The van der Waals surface area contributed by atoms with Crippen LogP contribution in [0.25, 0.3) is 122 Å². The Morgan fingerprint density at radius 1 is 0.243 bits per heavy atom. The van der Waals surface area contributed by atoms with Gasteiger partial charge in [0.15, 0.2) is 0 Å². The van der Waals surface area contributed by atoms with E-state index in [-0.39, 0.29) is 51.2 Å². The van der Waals surface area contributed by atoms with E-state index in [0.717, 1.165) is 161 Å². The van der Waals surface area contributed by atoms with Crippen molar-refractivity contribution in [2.45, 2.75) is 131 Å². The Hall–Kier alpha value is -12.4. The maximum atomic E-state index is 10.2. The maximum absolute atomic E-state index is 10.2. The van der Waals surface area contributed by atoms with Crippen LogP contribution in [0.2, 0.25) is 0 Å². The molecule has 0 radical (unpaired) electrons. The van der Waals surface area contributed by atoms with Gasteiger partial charge in [-0.1, -0.05) is 334 Å². The van der Waals surface area contributed by atoms with Crippen LogP contribution in [0.3, 0.4) is 0 Å². The number of benzene rings is 15. The molecular formula is C110H99BN4. The number of anilines is 6. The third-order valence-electron chi connectivity index (χ3n) is 24.3. The monoisotopic (exact) mass is 1490 g/mol. The average Bonchev–Trinajstić information content (AvgIpc) is 1.52. The van der Waals surface area contributed by atoms with Crippen LogP contribution in [-0.2, 0) is 27.1 Å².